The van der Waals surface area contributed by atoms with Crippen LogP contribution in [0, 0.1) is 16.7 Å². The van der Waals surface area contributed by atoms with Crippen LogP contribution < -0.4 is 5.32 Å². The first-order valence-electron chi connectivity index (χ1n) is 5.39. The van der Waals surface area contributed by atoms with Crippen molar-refractivity contribution >= 4 is 0 Å². The lowest BCUT2D eigenvalue weighted by molar-refractivity contribution is 0.385. The van der Waals surface area contributed by atoms with E-state index in [1.165, 1.54) is 12.8 Å². The van der Waals surface area contributed by atoms with Gasteiger partial charge in [-0.3, -0.25) is 0 Å². The number of nitriles is 1. The van der Waals surface area contributed by atoms with E-state index in [2.05, 4.69) is 18.3 Å². The average Bonchev–Trinajstić information content (AvgIpc) is 2.81. The fourth-order valence-electron chi connectivity index (χ4n) is 1.77. The van der Waals surface area contributed by atoms with Crippen molar-refractivity contribution in [3.63, 3.8) is 0 Å². The maximum absolute atomic E-state index is 8.69. The molecule has 1 fully saturated rings. The second-order valence-corrected chi connectivity index (χ2v) is 4.45. The molecular formula is C12H16N2O. The number of nitrogens with one attached hydrogen (secondary N) is 1. The Balaban J connectivity index is 1.81. The second kappa shape index (κ2) is 4.08. The molecule has 0 radical (unpaired) electrons. The van der Waals surface area contributed by atoms with E-state index in [4.69, 9.17) is 9.68 Å². The summed E-state index contributed by atoms with van der Waals surface area (Å²) in [6.07, 6.45) is 4.72. The van der Waals surface area contributed by atoms with Crippen LogP contribution in [-0.2, 0) is 0 Å². The maximum Gasteiger partial charge on any atom is 0.120 e. The minimum Gasteiger partial charge on any atom is -0.468 e. The quantitative estimate of drug-likeness (QED) is 0.802. The summed E-state index contributed by atoms with van der Waals surface area (Å²) in [4.78, 5) is 0. The zero-order valence-corrected chi connectivity index (χ0v) is 8.99. The van der Waals surface area contributed by atoms with Gasteiger partial charge in [0.2, 0.25) is 0 Å². The molecule has 2 rings (SSSR count). The van der Waals surface area contributed by atoms with Gasteiger partial charge in [0.15, 0.2) is 0 Å². The molecule has 1 aromatic heterocycles. The van der Waals surface area contributed by atoms with Crippen molar-refractivity contribution in [3.05, 3.63) is 24.2 Å². The minimum atomic E-state index is 0.233. The Morgan fingerprint density at radius 2 is 2.47 bits per heavy atom. The molecule has 3 heteroatoms. The summed E-state index contributed by atoms with van der Waals surface area (Å²) in [5.41, 5.74) is 0.260. The van der Waals surface area contributed by atoms with Crippen molar-refractivity contribution in [2.24, 2.45) is 5.41 Å². The van der Waals surface area contributed by atoms with Gasteiger partial charge in [-0.2, -0.15) is 5.26 Å². The van der Waals surface area contributed by atoms with Crippen LogP contribution in [0.5, 0.6) is 0 Å². The summed E-state index contributed by atoms with van der Waals surface area (Å²) in [5.74, 6) is 0.961. The van der Waals surface area contributed by atoms with Crippen LogP contribution in [0.2, 0.25) is 0 Å². The van der Waals surface area contributed by atoms with Gasteiger partial charge in [0.05, 0.1) is 18.4 Å². The Bertz CT molecular complexity index is 346. The highest BCUT2D eigenvalue weighted by molar-refractivity contribution is 5.05. The summed E-state index contributed by atoms with van der Waals surface area (Å²) in [6.45, 7) is 3.00. The van der Waals surface area contributed by atoms with Gasteiger partial charge in [-0.15, -0.1) is 0 Å². The Labute approximate surface area is 90.1 Å². The monoisotopic (exact) mass is 204 g/mol. The lowest BCUT2D eigenvalue weighted by Gasteiger charge is -2.16. The molecule has 1 N–H and O–H groups in total. The molecule has 0 amide bonds. The number of furan rings is 1. The number of hydrogen-bond acceptors (Lipinski definition) is 3. The minimum absolute atomic E-state index is 0.233. The number of nitrogens with zero attached hydrogens (tertiary/aromatic N) is 1. The normalized spacial score (nSPS) is 19.5. The van der Waals surface area contributed by atoms with Crippen molar-refractivity contribution in [1.82, 2.24) is 5.32 Å². The molecule has 1 atom stereocenters. The lowest BCUT2D eigenvalue weighted by atomic mass is 10.0. The van der Waals surface area contributed by atoms with Crippen LogP contribution in [0.25, 0.3) is 0 Å². The smallest absolute Gasteiger partial charge is 0.120 e. The second-order valence-electron chi connectivity index (χ2n) is 4.45. The third-order valence-electron chi connectivity index (χ3n) is 3.16. The molecule has 1 aliphatic carbocycles. The third-order valence-corrected chi connectivity index (χ3v) is 3.16. The molecule has 0 aliphatic heterocycles. The predicted octanol–water partition coefficient (Wildman–Crippen LogP) is 2.62. The zero-order valence-electron chi connectivity index (χ0n) is 8.99. The van der Waals surface area contributed by atoms with Gasteiger partial charge >= 0.3 is 0 Å². The summed E-state index contributed by atoms with van der Waals surface area (Å²) in [6, 6.07) is 6.37. The largest absolute Gasteiger partial charge is 0.468 e. The molecule has 1 aliphatic rings. The fourth-order valence-corrected chi connectivity index (χ4v) is 1.77. The fraction of sp³-hybridized carbons (Fsp3) is 0.583. The van der Waals surface area contributed by atoms with Crippen molar-refractivity contribution in [1.29, 1.82) is 5.26 Å². The Kier molecular flexibility index (Phi) is 2.79. The molecule has 80 valence electrons. The van der Waals surface area contributed by atoms with Crippen LogP contribution in [0.3, 0.4) is 0 Å². The van der Waals surface area contributed by atoms with Crippen LogP contribution in [0.1, 0.15) is 38.0 Å². The van der Waals surface area contributed by atoms with E-state index in [0.717, 1.165) is 12.3 Å². The molecule has 0 bridgehead atoms. The van der Waals surface area contributed by atoms with Gasteiger partial charge in [0, 0.05) is 13.0 Å². The Hall–Kier alpha value is -1.27. The number of hydrogen-bond donors (Lipinski definition) is 1. The standard InChI is InChI=1S/C12H16N2O/c1-10(11-3-2-8-15-11)14-9-12(4-5-12)6-7-13/h2-3,8,10,14H,4-6,9H2,1H3/t10-/m0/s1. The average molecular weight is 204 g/mol. The first kappa shape index (κ1) is 10.3. The van der Waals surface area contributed by atoms with Crippen molar-refractivity contribution in [2.75, 3.05) is 6.54 Å². The van der Waals surface area contributed by atoms with Crippen molar-refractivity contribution in [3.8, 4) is 6.07 Å². The lowest BCUT2D eigenvalue weighted by Crippen LogP contribution is -2.26. The van der Waals surface area contributed by atoms with Crippen LogP contribution in [-0.4, -0.2) is 6.54 Å². The predicted molar refractivity (Wildman–Crippen MR) is 57.0 cm³/mol. The third kappa shape index (κ3) is 2.40. The molecule has 1 aromatic rings. The van der Waals surface area contributed by atoms with Crippen molar-refractivity contribution in [2.45, 2.75) is 32.2 Å². The first-order chi connectivity index (χ1) is 7.26. The van der Waals surface area contributed by atoms with E-state index in [1.807, 2.05) is 12.1 Å². The first-order valence-corrected chi connectivity index (χ1v) is 5.39. The topological polar surface area (TPSA) is 49.0 Å². The highest BCUT2D eigenvalue weighted by Gasteiger charge is 2.42. The molecule has 3 nitrogen and oxygen atoms in total. The summed E-state index contributed by atoms with van der Waals surface area (Å²) >= 11 is 0. The molecule has 0 saturated heterocycles. The van der Waals surface area contributed by atoms with E-state index in [-0.39, 0.29) is 11.5 Å². The molecule has 0 aromatic carbocycles. The molecule has 1 heterocycles. The molecular weight excluding hydrogens is 188 g/mol. The summed E-state index contributed by atoms with van der Waals surface area (Å²) < 4.78 is 5.31. The molecule has 0 spiro atoms. The summed E-state index contributed by atoms with van der Waals surface area (Å²) in [5, 5.41) is 12.1. The maximum atomic E-state index is 8.69. The van der Waals surface area contributed by atoms with Gasteiger partial charge in [-0.1, -0.05) is 0 Å². The zero-order chi connectivity index (χ0) is 10.7. The summed E-state index contributed by atoms with van der Waals surface area (Å²) in [7, 11) is 0. The van der Waals surface area contributed by atoms with E-state index < -0.39 is 0 Å². The van der Waals surface area contributed by atoms with Gasteiger partial charge in [-0.25, -0.2) is 0 Å². The van der Waals surface area contributed by atoms with Crippen LogP contribution in [0.15, 0.2) is 22.8 Å². The highest BCUT2D eigenvalue weighted by Crippen LogP contribution is 2.48. The SMILES string of the molecule is C[C@H](NCC1(CC#N)CC1)c1ccco1. The Morgan fingerprint density at radius 1 is 1.67 bits per heavy atom. The van der Waals surface area contributed by atoms with Crippen LogP contribution >= 0.6 is 0 Å². The van der Waals surface area contributed by atoms with E-state index in [0.29, 0.717) is 6.42 Å². The molecule has 15 heavy (non-hydrogen) atoms. The van der Waals surface area contributed by atoms with Gasteiger partial charge in [0.1, 0.15) is 5.76 Å². The van der Waals surface area contributed by atoms with E-state index in [9.17, 15) is 0 Å². The molecule has 1 saturated carbocycles. The number of rotatable bonds is 5. The highest BCUT2D eigenvalue weighted by atomic mass is 16.3. The van der Waals surface area contributed by atoms with Crippen LogP contribution in [0.4, 0.5) is 0 Å². The van der Waals surface area contributed by atoms with E-state index >= 15 is 0 Å². The van der Waals surface area contributed by atoms with Gasteiger partial charge in [0.25, 0.3) is 0 Å². The van der Waals surface area contributed by atoms with Crippen molar-refractivity contribution < 1.29 is 4.42 Å². The van der Waals surface area contributed by atoms with Gasteiger partial charge in [-0.05, 0) is 37.3 Å². The molecule has 0 unspecified atom stereocenters. The Morgan fingerprint density at radius 3 is 3.00 bits per heavy atom. The van der Waals surface area contributed by atoms with E-state index in [1.54, 1.807) is 6.26 Å². The van der Waals surface area contributed by atoms with Gasteiger partial charge < -0.3 is 9.73 Å².